The molecular weight excluding hydrogens is 554 g/mol. The van der Waals surface area contributed by atoms with Crippen LogP contribution in [0, 0.1) is 23.2 Å². The highest BCUT2D eigenvalue weighted by molar-refractivity contribution is 5.83. The maximum absolute atomic E-state index is 12.9. The molecular formula is C28H47N3O11. The van der Waals surface area contributed by atoms with Crippen LogP contribution in [0.4, 0.5) is 0 Å². The summed E-state index contributed by atoms with van der Waals surface area (Å²) in [4.78, 5) is 24.6. The summed E-state index contributed by atoms with van der Waals surface area (Å²) in [5.74, 6) is -9.29. The number of nitrogens with one attached hydrogen (secondary N) is 2. The number of aliphatic hydroxyl groups excluding tert-OH is 2. The molecule has 42 heavy (non-hydrogen) atoms. The van der Waals surface area contributed by atoms with Crippen molar-refractivity contribution in [2.75, 3.05) is 13.7 Å². The van der Waals surface area contributed by atoms with Crippen LogP contribution in [0.3, 0.4) is 0 Å². The Morgan fingerprint density at radius 2 is 1.74 bits per heavy atom. The van der Waals surface area contributed by atoms with E-state index in [4.69, 9.17) is 25.4 Å². The molecule has 1 heterocycles. The molecule has 1 aromatic carbocycles. The average molecular weight is 602 g/mol. The van der Waals surface area contributed by atoms with E-state index in [0.717, 1.165) is 0 Å². The van der Waals surface area contributed by atoms with Gasteiger partial charge in [0.05, 0.1) is 18.6 Å². The number of carbonyl (C=O) groups is 2. The third-order valence-corrected chi connectivity index (χ3v) is 8.03. The minimum atomic E-state index is -3.84. The summed E-state index contributed by atoms with van der Waals surface area (Å²) >= 11 is 0. The molecule has 0 aromatic heterocycles. The molecule has 240 valence electrons. The van der Waals surface area contributed by atoms with Crippen molar-refractivity contribution in [1.29, 1.82) is 0 Å². The van der Waals surface area contributed by atoms with Gasteiger partial charge in [-0.15, -0.1) is 0 Å². The molecule has 11 N–H and O–H groups in total. The van der Waals surface area contributed by atoms with E-state index < -0.39 is 41.4 Å². The molecule has 1 saturated heterocycles. The van der Waals surface area contributed by atoms with Gasteiger partial charge in [-0.05, 0) is 69.6 Å². The molecule has 2 rings (SSSR count). The van der Waals surface area contributed by atoms with Gasteiger partial charge < -0.3 is 61.6 Å². The zero-order chi connectivity index (χ0) is 32.2. The first-order valence-electron chi connectivity index (χ1n) is 13.9. The molecule has 0 bridgehead atoms. The van der Waals surface area contributed by atoms with Crippen molar-refractivity contribution in [3.63, 3.8) is 0 Å². The Hall–Kier alpha value is -2.56. The van der Waals surface area contributed by atoms with Crippen LogP contribution in [0.25, 0.3) is 0 Å². The van der Waals surface area contributed by atoms with Crippen LogP contribution >= 0.6 is 0 Å². The fourth-order valence-electron chi connectivity index (χ4n) is 4.86. The highest BCUT2D eigenvalue weighted by Crippen LogP contribution is 2.36. The van der Waals surface area contributed by atoms with Crippen molar-refractivity contribution in [2.24, 2.45) is 28.9 Å². The minimum absolute atomic E-state index is 0.00985. The van der Waals surface area contributed by atoms with E-state index in [-0.39, 0.29) is 54.3 Å². The van der Waals surface area contributed by atoms with E-state index in [0.29, 0.717) is 18.4 Å². The molecule has 14 heteroatoms. The zero-order valence-corrected chi connectivity index (χ0v) is 24.9. The zero-order valence-electron chi connectivity index (χ0n) is 24.9. The van der Waals surface area contributed by atoms with E-state index in [1.165, 1.54) is 19.2 Å². The Labute approximate surface area is 245 Å². The van der Waals surface area contributed by atoms with E-state index >= 15 is 0 Å². The quantitative estimate of drug-likeness (QED) is 0.101. The highest BCUT2D eigenvalue weighted by Gasteiger charge is 2.56. The lowest BCUT2D eigenvalue weighted by atomic mass is 9.85. The predicted octanol–water partition coefficient (Wildman–Crippen LogP) is -1.74. The standard InChI is InChI=1S/C28H47N3O11/c1-14(2)18(23(33)30-13-26(4,5)24(29)34)12-20(32)19-11-17(15(3)31-19)9-16-7-8-21(41-6)22(10-16)42-28(39,40)27(37,38)25(35)36/h7-8,10,14-15,17-20,25,31-32,35-40H,9,11-13H2,1-6H3,(H2,29,34)(H,30,33). The van der Waals surface area contributed by atoms with E-state index in [1.807, 2.05) is 20.8 Å². The normalized spacial score (nSPS) is 21.4. The highest BCUT2D eigenvalue weighted by atomic mass is 16.8. The number of nitrogens with two attached hydrogens (primary N) is 1. The molecule has 0 spiro atoms. The van der Waals surface area contributed by atoms with Gasteiger partial charge in [0.1, 0.15) is 0 Å². The van der Waals surface area contributed by atoms with Crippen LogP contribution in [-0.2, 0) is 16.0 Å². The van der Waals surface area contributed by atoms with E-state index in [2.05, 4.69) is 10.6 Å². The Morgan fingerprint density at radius 1 is 1.12 bits per heavy atom. The smallest absolute Gasteiger partial charge is 0.385 e. The number of ether oxygens (including phenoxy) is 2. The van der Waals surface area contributed by atoms with Crippen LogP contribution in [0.15, 0.2) is 18.2 Å². The maximum atomic E-state index is 12.9. The van der Waals surface area contributed by atoms with Crippen molar-refractivity contribution in [2.45, 2.75) is 90.1 Å². The SMILES string of the molecule is COc1ccc(CC2CC(C(O)CC(C(=O)NCC(C)(C)C(N)=O)C(C)C)NC2C)cc1OC(O)(O)C(O)(O)C(O)O. The summed E-state index contributed by atoms with van der Waals surface area (Å²) in [5.41, 5.74) is 5.14. The topological polar surface area (TPSA) is 244 Å². The van der Waals surface area contributed by atoms with Gasteiger partial charge in [-0.2, -0.15) is 0 Å². The second-order valence-corrected chi connectivity index (χ2v) is 12.2. The Bertz CT molecular complexity index is 1080. The third kappa shape index (κ3) is 8.51. The summed E-state index contributed by atoms with van der Waals surface area (Å²) in [6.07, 6.45) is -2.59. The van der Waals surface area contributed by atoms with Crippen LogP contribution in [0.1, 0.15) is 53.0 Å². The number of carbonyl (C=O) groups excluding carboxylic acids is 2. The van der Waals surface area contributed by atoms with Crippen molar-refractivity contribution in [3.8, 4) is 11.5 Å². The molecule has 0 aliphatic carbocycles. The fraction of sp³-hybridized carbons (Fsp3) is 0.714. The number of methoxy groups -OCH3 is 1. The van der Waals surface area contributed by atoms with Crippen LogP contribution < -0.4 is 25.8 Å². The summed E-state index contributed by atoms with van der Waals surface area (Å²) in [6, 6.07) is 4.21. The van der Waals surface area contributed by atoms with Crippen molar-refractivity contribution in [3.05, 3.63) is 23.8 Å². The van der Waals surface area contributed by atoms with Gasteiger partial charge in [-0.3, -0.25) is 9.59 Å². The maximum Gasteiger partial charge on any atom is 0.385 e. The van der Waals surface area contributed by atoms with Gasteiger partial charge in [-0.25, -0.2) is 0 Å². The van der Waals surface area contributed by atoms with Crippen molar-refractivity contribution < 1.29 is 54.8 Å². The number of amides is 2. The second-order valence-electron chi connectivity index (χ2n) is 12.2. The molecule has 0 saturated carbocycles. The molecule has 5 unspecified atom stereocenters. The number of rotatable bonds is 15. The number of primary amides is 1. The molecule has 0 radical (unpaired) electrons. The monoisotopic (exact) mass is 601 g/mol. The van der Waals surface area contributed by atoms with Gasteiger partial charge in [-0.1, -0.05) is 19.9 Å². The summed E-state index contributed by atoms with van der Waals surface area (Å²) in [5, 5.41) is 74.9. The van der Waals surface area contributed by atoms with Crippen LogP contribution in [0.5, 0.6) is 11.5 Å². The molecule has 1 fully saturated rings. The van der Waals surface area contributed by atoms with Gasteiger partial charge in [0.25, 0.3) is 0 Å². The summed E-state index contributed by atoms with van der Waals surface area (Å²) < 4.78 is 10.1. The summed E-state index contributed by atoms with van der Waals surface area (Å²) in [6.45, 7) is 9.11. The third-order valence-electron chi connectivity index (χ3n) is 8.03. The summed E-state index contributed by atoms with van der Waals surface area (Å²) in [7, 11) is 1.28. The lowest BCUT2D eigenvalue weighted by Gasteiger charge is -2.35. The average Bonchev–Trinajstić information content (AvgIpc) is 3.25. The molecule has 1 aliphatic rings. The van der Waals surface area contributed by atoms with Crippen molar-refractivity contribution >= 4 is 11.8 Å². The fourth-order valence-corrected chi connectivity index (χ4v) is 4.86. The first kappa shape index (κ1) is 35.6. The molecule has 14 nitrogen and oxygen atoms in total. The van der Waals surface area contributed by atoms with Gasteiger partial charge in [0, 0.05) is 24.5 Å². The van der Waals surface area contributed by atoms with E-state index in [9.17, 15) is 35.1 Å². The lowest BCUT2D eigenvalue weighted by molar-refractivity contribution is -0.471. The first-order chi connectivity index (χ1) is 19.2. The predicted molar refractivity (Wildman–Crippen MR) is 149 cm³/mol. The van der Waals surface area contributed by atoms with E-state index in [1.54, 1.807) is 19.9 Å². The molecule has 1 aliphatic heterocycles. The number of hydrogen-bond acceptors (Lipinski definition) is 12. The first-order valence-corrected chi connectivity index (χ1v) is 13.9. The van der Waals surface area contributed by atoms with Crippen LogP contribution in [-0.4, -0.2) is 97.5 Å². The number of benzene rings is 1. The Balaban J connectivity index is 2.11. The van der Waals surface area contributed by atoms with Crippen LogP contribution in [0.2, 0.25) is 0 Å². The Morgan fingerprint density at radius 3 is 2.26 bits per heavy atom. The number of hydrogen-bond donors (Lipinski definition) is 10. The molecule has 5 atom stereocenters. The Kier molecular flexibility index (Phi) is 11.7. The van der Waals surface area contributed by atoms with Gasteiger partial charge in [0.2, 0.25) is 18.1 Å². The molecule has 2 amide bonds. The largest absolute Gasteiger partial charge is 0.493 e. The van der Waals surface area contributed by atoms with Gasteiger partial charge >= 0.3 is 11.8 Å². The van der Waals surface area contributed by atoms with Gasteiger partial charge in [0.15, 0.2) is 11.5 Å². The van der Waals surface area contributed by atoms with Crippen molar-refractivity contribution in [1.82, 2.24) is 10.6 Å². The second kappa shape index (κ2) is 13.8. The number of aliphatic hydroxyl groups is 7. The lowest BCUT2D eigenvalue weighted by Crippen LogP contribution is -2.64. The minimum Gasteiger partial charge on any atom is -0.493 e. The molecule has 1 aromatic rings.